The van der Waals surface area contributed by atoms with Gasteiger partial charge in [-0.3, -0.25) is 24.7 Å². The maximum atomic E-state index is 12.7. The maximum Gasteiger partial charge on any atom is 0.254 e. The number of hydrazine groups is 1. The predicted octanol–water partition coefficient (Wildman–Crippen LogP) is 1.04. The summed E-state index contributed by atoms with van der Waals surface area (Å²) in [5.41, 5.74) is 3.12. The molecule has 1 atom stereocenters. The fraction of sp³-hybridized carbons (Fsp3) is 0.474. The number of likely N-dealkylation sites (N-methyl/N-ethyl adjacent to an activating group) is 1. The zero-order valence-electron chi connectivity index (χ0n) is 16.5. The molecule has 1 aromatic carbocycles. The van der Waals surface area contributed by atoms with Gasteiger partial charge in [-0.2, -0.15) is 0 Å². The van der Waals surface area contributed by atoms with Crippen LogP contribution >= 0.6 is 12.2 Å². The third-order valence-corrected chi connectivity index (χ3v) is 4.65. The zero-order valence-corrected chi connectivity index (χ0v) is 17.3. The van der Waals surface area contributed by atoms with E-state index in [0.717, 1.165) is 0 Å². The van der Waals surface area contributed by atoms with Gasteiger partial charge in [0.2, 0.25) is 11.8 Å². The van der Waals surface area contributed by atoms with Crippen molar-refractivity contribution in [3.63, 3.8) is 0 Å². The van der Waals surface area contributed by atoms with Crippen LogP contribution < -0.4 is 15.5 Å². The van der Waals surface area contributed by atoms with Gasteiger partial charge in [0.25, 0.3) is 5.91 Å². The molecule has 9 nitrogen and oxygen atoms in total. The number of hydrogen-bond acceptors (Lipinski definition) is 6. The molecule has 0 aromatic heterocycles. The van der Waals surface area contributed by atoms with Crippen LogP contribution in [-0.4, -0.2) is 63.6 Å². The third-order valence-electron chi connectivity index (χ3n) is 4.23. The molecule has 158 valence electrons. The minimum atomic E-state index is -0.935. The van der Waals surface area contributed by atoms with Gasteiger partial charge in [0, 0.05) is 31.3 Å². The van der Waals surface area contributed by atoms with Crippen LogP contribution in [0.2, 0.25) is 0 Å². The lowest BCUT2D eigenvalue weighted by atomic mass is 10.2. The summed E-state index contributed by atoms with van der Waals surface area (Å²) in [5.74, 6) is -0.508. The Hall–Kier alpha value is -2.72. The van der Waals surface area contributed by atoms with Gasteiger partial charge in [-0.05, 0) is 44.6 Å². The van der Waals surface area contributed by atoms with Gasteiger partial charge >= 0.3 is 0 Å². The summed E-state index contributed by atoms with van der Waals surface area (Å²) in [6.45, 7) is 4.34. The number of aliphatic hydroxyl groups is 1. The Labute approximate surface area is 175 Å². The number of nitrogens with zero attached hydrogens (tertiary/aromatic N) is 2. The van der Waals surface area contributed by atoms with Crippen molar-refractivity contribution < 1.29 is 24.2 Å². The number of anilines is 1. The summed E-state index contributed by atoms with van der Waals surface area (Å²) >= 11 is 5.29. The summed E-state index contributed by atoms with van der Waals surface area (Å²) in [4.78, 5) is 38.6. The summed E-state index contributed by atoms with van der Waals surface area (Å²) in [7, 11) is 0. The van der Waals surface area contributed by atoms with Crippen LogP contribution in [0, 0.1) is 0 Å². The average Bonchev–Trinajstić information content (AvgIpc) is 2.90. The van der Waals surface area contributed by atoms with Crippen molar-refractivity contribution in [2.75, 3.05) is 25.1 Å². The molecule has 3 N–H and O–H groups in total. The molecule has 0 radical (unpaired) electrons. The summed E-state index contributed by atoms with van der Waals surface area (Å²) in [6.07, 6.45) is 0.187. The minimum Gasteiger partial charge on any atom is -0.494 e. The summed E-state index contributed by atoms with van der Waals surface area (Å²) < 4.78 is 5.41. The smallest absolute Gasteiger partial charge is 0.254 e. The first-order valence-electron chi connectivity index (χ1n) is 9.48. The molecule has 1 aliphatic heterocycles. The Morgan fingerprint density at radius 3 is 2.69 bits per heavy atom. The molecule has 29 heavy (non-hydrogen) atoms. The number of rotatable bonds is 10. The van der Waals surface area contributed by atoms with Gasteiger partial charge in [0.05, 0.1) is 13.0 Å². The van der Waals surface area contributed by atoms with Crippen LogP contribution in [0.5, 0.6) is 5.75 Å². The molecule has 10 heteroatoms. The molecule has 1 fully saturated rings. The van der Waals surface area contributed by atoms with E-state index in [2.05, 4.69) is 10.7 Å². The minimum absolute atomic E-state index is 0.0824. The van der Waals surface area contributed by atoms with Gasteiger partial charge in [-0.15, -0.1) is 0 Å². The first-order chi connectivity index (χ1) is 13.9. The molecule has 1 heterocycles. The van der Waals surface area contributed by atoms with Gasteiger partial charge in [-0.1, -0.05) is 6.07 Å². The van der Waals surface area contributed by atoms with E-state index in [0.29, 0.717) is 31.0 Å². The molecule has 1 unspecified atom stereocenters. The van der Waals surface area contributed by atoms with Crippen molar-refractivity contribution >= 4 is 40.7 Å². The Morgan fingerprint density at radius 1 is 1.28 bits per heavy atom. The topological polar surface area (TPSA) is 111 Å². The number of carbonyl (C=O) groups is 3. The number of thiocarbonyl (C=S) groups is 1. The Kier molecular flexibility index (Phi) is 8.34. The molecule has 0 aliphatic carbocycles. The van der Waals surface area contributed by atoms with Crippen molar-refractivity contribution in [3.8, 4) is 5.75 Å². The van der Waals surface area contributed by atoms with E-state index < -0.39 is 11.9 Å². The van der Waals surface area contributed by atoms with Crippen LogP contribution in [-0.2, 0) is 14.4 Å². The molecule has 2 rings (SSSR count). The van der Waals surface area contributed by atoms with E-state index in [1.54, 1.807) is 31.2 Å². The lowest BCUT2D eigenvalue weighted by Gasteiger charge is -2.24. The molecule has 0 bridgehead atoms. The molecule has 0 spiro atoms. The highest BCUT2D eigenvalue weighted by Crippen LogP contribution is 2.21. The lowest BCUT2D eigenvalue weighted by Crippen LogP contribution is -2.49. The van der Waals surface area contributed by atoms with Crippen molar-refractivity contribution in [3.05, 3.63) is 24.3 Å². The largest absolute Gasteiger partial charge is 0.494 e. The highest BCUT2D eigenvalue weighted by molar-refractivity contribution is 7.80. The highest BCUT2D eigenvalue weighted by Gasteiger charge is 2.43. The Bertz CT molecular complexity index is 773. The number of amides is 3. The summed E-state index contributed by atoms with van der Waals surface area (Å²) in [5, 5.41) is 13.0. The van der Waals surface area contributed by atoms with Crippen LogP contribution in [0.25, 0.3) is 0 Å². The normalized spacial score (nSPS) is 16.2. The van der Waals surface area contributed by atoms with Gasteiger partial charge in [0.15, 0.2) is 5.11 Å². The third kappa shape index (κ3) is 5.88. The fourth-order valence-corrected chi connectivity index (χ4v) is 3.28. The molecule has 1 aliphatic rings. The zero-order chi connectivity index (χ0) is 21.4. The van der Waals surface area contributed by atoms with Crippen molar-refractivity contribution in [2.24, 2.45) is 0 Å². The molecular formula is C19H26N4O5S. The average molecular weight is 423 g/mol. The van der Waals surface area contributed by atoms with E-state index >= 15 is 0 Å². The van der Waals surface area contributed by atoms with Crippen LogP contribution in [0.4, 0.5) is 5.69 Å². The molecule has 3 amide bonds. The van der Waals surface area contributed by atoms with Crippen LogP contribution in [0.3, 0.4) is 0 Å². The highest BCUT2D eigenvalue weighted by atomic mass is 32.1. The van der Waals surface area contributed by atoms with E-state index in [1.807, 2.05) is 6.92 Å². The number of hydrogen-bond donors (Lipinski definition) is 3. The monoisotopic (exact) mass is 422 g/mol. The predicted molar refractivity (Wildman–Crippen MR) is 111 cm³/mol. The lowest BCUT2D eigenvalue weighted by molar-refractivity contribution is -0.132. The van der Waals surface area contributed by atoms with E-state index in [1.165, 1.54) is 9.91 Å². The van der Waals surface area contributed by atoms with Crippen molar-refractivity contribution in [1.82, 2.24) is 15.3 Å². The summed E-state index contributed by atoms with van der Waals surface area (Å²) in [6, 6.07) is 6.00. The van der Waals surface area contributed by atoms with Gasteiger partial charge in [0.1, 0.15) is 11.8 Å². The maximum absolute atomic E-state index is 12.7. The first kappa shape index (κ1) is 22.6. The van der Waals surface area contributed by atoms with Crippen molar-refractivity contribution in [2.45, 2.75) is 39.2 Å². The second kappa shape index (κ2) is 10.7. The van der Waals surface area contributed by atoms with Crippen LogP contribution in [0.1, 0.15) is 33.1 Å². The standard InChI is InChI=1S/C19H26N4O5S/c1-3-22-18(27)15(23(19(22)29)21-16(25)9-6-10-24)12-17(26)20-13-7-5-8-14(11-13)28-4-2/h5,7-8,11,15,24H,3-4,6,9-10,12H2,1-2H3,(H,20,26)(H,21,25). The molecule has 1 saturated heterocycles. The second-order valence-electron chi connectivity index (χ2n) is 6.33. The molecule has 0 saturated carbocycles. The second-order valence-corrected chi connectivity index (χ2v) is 6.69. The Balaban J connectivity index is 2.08. The van der Waals surface area contributed by atoms with Gasteiger partial charge in [-0.25, -0.2) is 5.01 Å². The number of carbonyl (C=O) groups excluding carboxylic acids is 3. The number of benzene rings is 1. The van der Waals surface area contributed by atoms with E-state index in [4.69, 9.17) is 22.1 Å². The van der Waals surface area contributed by atoms with E-state index in [9.17, 15) is 14.4 Å². The SMILES string of the molecule is CCOc1cccc(NC(=O)CC2C(=O)N(CC)C(=S)N2NC(=O)CCCO)c1. The number of aliphatic hydroxyl groups excluding tert-OH is 1. The van der Waals surface area contributed by atoms with E-state index in [-0.39, 0.29) is 36.4 Å². The first-order valence-corrected chi connectivity index (χ1v) is 9.89. The number of ether oxygens (including phenoxy) is 1. The number of nitrogens with one attached hydrogen (secondary N) is 2. The van der Waals surface area contributed by atoms with Gasteiger partial charge < -0.3 is 15.2 Å². The fourth-order valence-electron chi connectivity index (χ4n) is 2.89. The van der Waals surface area contributed by atoms with Crippen LogP contribution in [0.15, 0.2) is 24.3 Å². The quantitative estimate of drug-likeness (QED) is 0.483. The molecule has 1 aromatic rings. The Morgan fingerprint density at radius 2 is 2.03 bits per heavy atom. The van der Waals surface area contributed by atoms with Crippen molar-refractivity contribution in [1.29, 1.82) is 0 Å². The molecular weight excluding hydrogens is 396 g/mol.